The van der Waals surface area contributed by atoms with Crippen LogP contribution < -0.4 is 4.90 Å². The molecule has 6 rings (SSSR count). The SMILES string of the molecule is Cc1cccc(N(c2ccc3sc4ccccc4c3c2)c2cccc3ccccc23)c1. The minimum Gasteiger partial charge on any atom is -0.310 e. The molecular weight excluding hydrogens is 394 g/mol. The van der Waals surface area contributed by atoms with Crippen molar-refractivity contribution in [2.45, 2.75) is 6.92 Å². The van der Waals surface area contributed by atoms with Gasteiger partial charge in [-0.05, 0) is 60.3 Å². The van der Waals surface area contributed by atoms with Gasteiger partial charge in [0, 0.05) is 36.9 Å². The van der Waals surface area contributed by atoms with Crippen LogP contribution in [0, 0.1) is 6.92 Å². The molecule has 0 saturated heterocycles. The normalized spacial score (nSPS) is 11.4. The summed E-state index contributed by atoms with van der Waals surface area (Å²) in [4.78, 5) is 2.39. The third-order valence-corrected chi connectivity index (χ3v) is 7.04. The Kier molecular flexibility index (Phi) is 4.26. The number of fused-ring (bicyclic) bond motifs is 4. The molecule has 0 bridgehead atoms. The third kappa shape index (κ3) is 3.08. The first-order valence-corrected chi connectivity index (χ1v) is 11.4. The average molecular weight is 416 g/mol. The van der Waals surface area contributed by atoms with E-state index in [0.29, 0.717) is 0 Å². The molecule has 31 heavy (non-hydrogen) atoms. The summed E-state index contributed by atoms with van der Waals surface area (Å²) in [5, 5.41) is 5.14. The van der Waals surface area contributed by atoms with Crippen LogP contribution in [0.1, 0.15) is 5.56 Å². The van der Waals surface area contributed by atoms with E-state index in [4.69, 9.17) is 0 Å². The van der Waals surface area contributed by atoms with E-state index < -0.39 is 0 Å². The minimum atomic E-state index is 1.18. The lowest BCUT2D eigenvalue weighted by atomic mass is 10.1. The Morgan fingerprint density at radius 3 is 2.16 bits per heavy atom. The monoisotopic (exact) mass is 415 g/mol. The molecule has 2 heteroatoms. The lowest BCUT2D eigenvalue weighted by molar-refractivity contribution is 1.29. The first-order valence-electron chi connectivity index (χ1n) is 10.5. The van der Waals surface area contributed by atoms with Crippen LogP contribution in [-0.4, -0.2) is 0 Å². The van der Waals surface area contributed by atoms with Crippen molar-refractivity contribution in [3.8, 4) is 0 Å². The lowest BCUT2D eigenvalue weighted by Crippen LogP contribution is -2.10. The summed E-state index contributed by atoms with van der Waals surface area (Å²) >= 11 is 1.86. The Morgan fingerprint density at radius 1 is 0.548 bits per heavy atom. The predicted octanol–water partition coefficient (Wildman–Crippen LogP) is 8.99. The van der Waals surface area contributed by atoms with Gasteiger partial charge in [0.05, 0.1) is 5.69 Å². The van der Waals surface area contributed by atoms with Crippen molar-refractivity contribution in [1.29, 1.82) is 0 Å². The van der Waals surface area contributed by atoms with Crippen LogP contribution in [0.3, 0.4) is 0 Å². The fraction of sp³-hybridized carbons (Fsp3) is 0.0345. The zero-order valence-corrected chi connectivity index (χ0v) is 18.1. The van der Waals surface area contributed by atoms with E-state index in [2.05, 4.69) is 121 Å². The molecule has 5 aromatic carbocycles. The molecule has 0 fully saturated rings. The summed E-state index contributed by atoms with van der Waals surface area (Å²) in [6.07, 6.45) is 0. The largest absolute Gasteiger partial charge is 0.310 e. The Bertz CT molecular complexity index is 1550. The van der Waals surface area contributed by atoms with Crippen LogP contribution in [0.4, 0.5) is 17.1 Å². The van der Waals surface area contributed by atoms with E-state index in [-0.39, 0.29) is 0 Å². The van der Waals surface area contributed by atoms with E-state index >= 15 is 0 Å². The van der Waals surface area contributed by atoms with E-state index in [9.17, 15) is 0 Å². The van der Waals surface area contributed by atoms with Gasteiger partial charge in [-0.15, -0.1) is 11.3 Å². The van der Waals surface area contributed by atoms with Crippen LogP contribution in [0.2, 0.25) is 0 Å². The summed E-state index contributed by atoms with van der Waals surface area (Å²) in [5.41, 5.74) is 4.81. The van der Waals surface area contributed by atoms with Gasteiger partial charge in [-0.2, -0.15) is 0 Å². The highest BCUT2D eigenvalue weighted by Gasteiger charge is 2.16. The number of benzene rings is 5. The second kappa shape index (κ2) is 7.26. The molecule has 0 aliphatic carbocycles. The maximum atomic E-state index is 2.39. The van der Waals surface area contributed by atoms with Crippen LogP contribution >= 0.6 is 11.3 Å². The number of hydrogen-bond acceptors (Lipinski definition) is 2. The van der Waals surface area contributed by atoms with E-state index in [1.54, 1.807) is 0 Å². The molecule has 0 amide bonds. The quantitative estimate of drug-likeness (QED) is 0.279. The molecule has 0 N–H and O–H groups in total. The highest BCUT2D eigenvalue weighted by atomic mass is 32.1. The maximum Gasteiger partial charge on any atom is 0.0540 e. The standard InChI is InChI=1S/C29H21NS/c1-20-8-6-11-22(18-20)30(27-14-7-10-21-9-2-3-12-24(21)27)23-16-17-29-26(19-23)25-13-4-5-15-28(25)31-29/h2-19H,1H3. The molecule has 0 atom stereocenters. The number of nitrogens with zero attached hydrogens (tertiary/aromatic N) is 1. The van der Waals surface area contributed by atoms with Gasteiger partial charge in [-0.3, -0.25) is 0 Å². The van der Waals surface area contributed by atoms with Gasteiger partial charge >= 0.3 is 0 Å². The minimum absolute atomic E-state index is 1.18. The fourth-order valence-electron chi connectivity index (χ4n) is 4.45. The van der Waals surface area contributed by atoms with Crippen LogP contribution in [0.25, 0.3) is 30.9 Å². The third-order valence-electron chi connectivity index (χ3n) is 5.89. The summed E-state index contributed by atoms with van der Waals surface area (Å²) in [6.45, 7) is 2.15. The molecule has 0 aliphatic rings. The van der Waals surface area contributed by atoms with Crippen molar-refractivity contribution in [3.05, 3.63) is 115 Å². The Balaban J connectivity index is 1.65. The molecule has 0 radical (unpaired) electrons. The van der Waals surface area contributed by atoms with Crippen molar-refractivity contribution in [2.24, 2.45) is 0 Å². The number of rotatable bonds is 3. The van der Waals surface area contributed by atoms with Crippen molar-refractivity contribution in [1.82, 2.24) is 0 Å². The van der Waals surface area contributed by atoms with Gasteiger partial charge in [0.25, 0.3) is 0 Å². The van der Waals surface area contributed by atoms with Gasteiger partial charge < -0.3 is 4.90 Å². The van der Waals surface area contributed by atoms with Gasteiger partial charge in [-0.1, -0.05) is 66.7 Å². The van der Waals surface area contributed by atoms with Gasteiger partial charge in [0.15, 0.2) is 0 Å². The smallest absolute Gasteiger partial charge is 0.0540 e. The van der Waals surface area contributed by atoms with Crippen molar-refractivity contribution in [3.63, 3.8) is 0 Å². The van der Waals surface area contributed by atoms with Crippen molar-refractivity contribution in [2.75, 3.05) is 4.90 Å². The summed E-state index contributed by atoms with van der Waals surface area (Å²) in [6, 6.07) is 39.5. The number of thiophene rings is 1. The van der Waals surface area contributed by atoms with Crippen LogP contribution in [0.15, 0.2) is 109 Å². The average Bonchev–Trinajstić information content (AvgIpc) is 3.18. The van der Waals surface area contributed by atoms with E-state index in [1.807, 2.05) is 11.3 Å². The topological polar surface area (TPSA) is 3.24 Å². The Hall–Kier alpha value is -3.62. The second-order valence-electron chi connectivity index (χ2n) is 7.95. The van der Waals surface area contributed by atoms with Gasteiger partial charge in [-0.25, -0.2) is 0 Å². The Labute approximate surface area is 185 Å². The molecule has 0 unspecified atom stereocenters. The van der Waals surface area contributed by atoms with Crippen LogP contribution in [0.5, 0.6) is 0 Å². The van der Waals surface area contributed by atoms with Gasteiger partial charge in [0.2, 0.25) is 0 Å². The highest BCUT2D eigenvalue weighted by molar-refractivity contribution is 7.25. The van der Waals surface area contributed by atoms with Crippen molar-refractivity contribution < 1.29 is 0 Å². The molecule has 0 saturated carbocycles. The maximum absolute atomic E-state index is 2.39. The summed E-state index contributed by atoms with van der Waals surface area (Å²) < 4.78 is 2.66. The fourth-order valence-corrected chi connectivity index (χ4v) is 5.54. The number of aryl methyl sites for hydroxylation is 1. The molecule has 1 aromatic heterocycles. The Morgan fingerprint density at radius 2 is 1.26 bits per heavy atom. The lowest BCUT2D eigenvalue weighted by Gasteiger charge is -2.27. The predicted molar refractivity (Wildman–Crippen MR) is 136 cm³/mol. The van der Waals surface area contributed by atoms with E-state index in [0.717, 1.165) is 0 Å². The molecule has 6 aromatic rings. The first kappa shape index (κ1) is 18.2. The number of anilines is 3. The summed E-state index contributed by atoms with van der Waals surface area (Å²) in [5.74, 6) is 0. The van der Waals surface area contributed by atoms with Gasteiger partial charge in [0.1, 0.15) is 0 Å². The molecule has 1 heterocycles. The highest BCUT2D eigenvalue weighted by Crippen LogP contribution is 2.42. The molecule has 0 aliphatic heterocycles. The van der Waals surface area contributed by atoms with Crippen molar-refractivity contribution >= 4 is 59.3 Å². The number of hydrogen-bond donors (Lipinski definition) is 0. The zero-order valence-electron chi connectivity index (χ0n) is 17.2. The second-order valence-corrected chi connectivity index (χ2v) is 9.04. The molecule has 1 nitrogen and oxygen atoms in total. The molecule has 148 valence electrons. The molecule has 0 spiro atoms. The van der Waals surface area contributed by atoms with Crippen LogP contribution in [-0.2, 0) is 0 Å². The zero-order chi connectivity index (χ0) is 20.8. The molecular formula is C29H21NS. The summed E-state index contributed by atoms with van der Waals surface area (Å²) in [7, 11) is 0. The van der Waals surface area contributed by atoms with E-state index in [1.165, 1.54) is 53.6 Å². The first-order chi connectivity index (χ1) is 15.3.